The zero-order valence-electron chi connectivity index (χ0n) is 7.42. The molecule has 0 radical (unpaired) electrons. The molecule has 0 amide bonds. The Hall–Kier alpha value is -1.62. The number of rotatable bonds is 1. The maximum atomic E-state index is 11.3. The van der Waals surface area contributed by atoms with Gasteiger partial charge in [-0.1, -0.05) is 0 Å². The second-order valence-electron chi connectivity index (χ2n) is 3.15. The number of H-pyrrole nitrogens is 1. The molecule has 0 saturated carbocycles. The molecule has 1 aliphatic heterocycles. The minimum atomic E-state index is -0.959. The Morgan fingerprint density at radius 1 is 1.64 bits per heavy atom. The van der Waals surface area contributed by atoms with E-state index in [2.05, 4.69) is 4.98 Å². The van der Waals surface area contributed by atoms with Gasteiger partial charge in [0.25, 0.3) is 5.56 Å². The van der Waals surface area contributed by atoms with E-state index in [1.165, 1.54) is 6.07 Å². The molecule has 0 bridgehead atoms. The van der Waals surface area contributed by atoms with Gasteiger partial charge in [0, 0.05) is 12.1 Å². The van der Waals surface area contributed by atoms with Crippen molar-refractivity contribution in [2.24, 2.45) is 0 Å². The van der Waals surface area contributed by atoms with Crippen LogP contribution in [0.1, 0.15) is 16.8 Å². The number of aromatic nitrogens is 1. The third-order valence-corrected chi connectivity index (χ3v) is 2.21. The van der Waals surface area contributed by atoms with Gasteiger partial charge in [-0.25, -0.2) is 0 Å². The zero-order valence-corrected chi connectivity index (χ0v) is 7.42. The van der Waals surface area contributed by atoms with Crippen LogP contribution in [0.25, 0.3) is 0 Å². The number of nitrogens with one attached hydrogen (secondary N) is 2. The number of hydrogen-bond acceptors (Lipinski definition) is 4. The summed E-state index contributed by atoms with van der Waals surface area (Å²) in [6.45, 7) is 0.976. The highest BCUT2D eigenvalue weighted by Crippen LogP contribution is 2.13. The Kier molecular flexibility index (Phi) is 2.09. The zero-order chi connectivity index (χ0) is 10.1. The van der Waals surface area contributed by atoms with Gasteiger partial charge in [0.2, 0.25) is 0 Å². The van der Waals surface area contributed by atoms with Crippen molar-refractivity contribution in [1.82, 2.24) is 4.98 Å². The first kappa shape index (κ1) is 8.96. The van der Waals surface area contributed by atoms with Gasteiger partial charge in [-0.2, -0.15) is 0 Å². The summed E-state index contributed by atoms with van der Waals surface area (Å²) in [7, 11) is 0. The lowest BCUT2D eigenvalue weighted by atomic mass is 10.1. The van der Waals surface area contributed by atoms with Crippen molar-refractivity contribution in [2.45, 2.75) is 13.0 Å². The predicted octanol–water partition coefficient (Wildman–Crippen LogP) is -0.867. The molecule has 2 heterocycles. The maximum absolute atomic E-state index is 11.3. The molecule has 14 heavy (non-hydrogen) atoms. The highest BCUT2D eigenvalue weighted by molar-refractivity contribution is 5.87. The van der Waals surface area contributed by atoms with Crippen LogP contribution < -0.4 is 10.7 Å². The highest BCUT2D eigenvalue weighted by atomic mass is 16.5. The molecule has 1 aliphatic rings. The van der Waals surface area contributed by atoms with E-state index in [1.807, 2.05) is 0 Å². The van der Waals surface area contributed by atoms with E-state index in [0.29, 0.717) is 19.6 Å². The minimum Gasteiger partial charge on any atom is -0.859 e. The van der Waals surface area contributed by atoms with Gasteiger partial charge in [-0.15, -0.1) is 0 Å². The maximum Gasteiger partial charge on any atom is 0.256 e. The number of pyridine rings is 1. The van der Waals surface area contributed by atoms with Gasteiger partial charge >= 0.3 is 0 Å². The lowest BCUT2D eigenvalue weighted by molar-refractivity contribution is -0.214. The molecule has 1 aromatic heterocycles. The van der Waals surface area contributed by atoms with E-state index >= 15 is 0 Å². The third-order valence-electron chi connectivity index (χ3n) is 2.21. The number of ether oxygens (including phenoxy) is 1. The number of aromatic amines is 1. The van der Waals surface area contributed by atoms with Crippen LogP contribution in [0.5, 0.6) is 0 Å². The van der Waals surface area contributed by atoms with Crippen LogP contribution in [0.2, 0.25) is 0 Å². The van der Waals surface area contributed by atoms with Gasteiger partial charge in [0.15, 0.2) is 0 Å². The molecule has 0 atom stereocenters. The van der Waals surface area contributed by atoms with Gasteiger partial charge in [0.05, 0.1) is 18.8 Å². The molecule has 2 N–H and O–H groups in total. The molecule has 0 unspecified atom stereocenters. The molecular weight excluding hydrogens is 184 g/mol. The van der Waals surface area contributed by atoms with E-state index < -0.39 is 11.5 Å². The van der Waals surface area contributed by atoms with Crippen LogP contribution in [0.3, 0.4) is 0 Å². The minimum absolute atomic E-state index is 0.116. The number of fused-ring (bicyclic) bond motifs is 1. The van der Waals surface area contributed by atoms with Gasteiger partial charge in [-0.05, 0) is 17.5 Å². The fourth-order valence-electron chi connectivity index (χ4n) is 1.49. The Balaban J connectivity index is 2.56. The first-order valence-corrected chi connectivity index (χ1v) is 4.27. The van der Waals surface area contributed by atoms with Crippen LogP contribution >= 0.6 is 0 Å². The number of hydrogen-bond donors (Lipinski definition) is 2. The summed E-state index contributed by atoms with van der Waals surface area (Å²) in [5.74, 6) is -0.959. The molecule has 0 fully saturated rings. The van der Waals surface area contributed by atoms with Crippen molar-refractivity contribution in [3.63, 3.8) is 0 Å². The van der Waals surface area contributed by atoms with E-state index in [9.17, 15) is 9.90 Å². The second-order valence-corrected chi connectivity index (χ2v) is 3.15. The average molecular weight is 193 g/mol. The summed E-state index contributed by atoms with van der Waals surface area (Å²) in [6, 6.07) is 1.45. The SMILES string of the molecule is N=C([O-])c1cc2c([nH]c1=O)CCOC2. The second kappa shape index (κ2) is 3.26. The monoisotopic (exact) mass is 193 g/mol. The van der Waals surface area contributed by atoms with Crippen molar-refractivity contribution < 1.29 is 9.84 Å². The lowest BCUT2D eigenvalue weighted by Gasteiger charge is -2.17. The van der Waals surface area contributed by atoms with E-state index in [0.717, 1.165) is 11.3 Å². The van der Waals surface area contributed by atoms with E-state index in [4.69, 9.17) is 10.1 Å². The molecule has 0 spiro atoms. The quantitative estimate of drug-likeness (QED) is 0.449. The van der Waals surface area contributed by atoms with Crippen molar-refractivity contribution in [1.29, 1.82) is 5.41 Å². The smallest absolute Gasteiger partial charge is 0.256 e. The molecule has 1 aromatic rings. The molecule has 0 aromatic carbocycles. The topological polar surface area (TPSA) is 89.0 Å². The van der Waals surface area contributed by atoms with Gasteiger partial charge < -0.3 is 20.2 Å². The van der Waals surface area contributed by atoms with Crippen LogP contribution in [-0.2, 0) is 17.8 Å². The Morgan fingerprint density at radius 3 is 3.14 bits per heavy atom. The fourth-order valence-corrected chi connectivity index (χ4v) is 1.49. The highest BCUT2D eigenvalue weighted by Gasteiger charge is 2.12. The summed E-state index contributed by atoms with van der Waals surface area (Å²) < 4.78 is 5.18. The summed E-state index contributed by atoms with van der Waals surface area (Å²) >= 11 is 0. The van der Waals surface area contributed by atoms with Crippen molar-refractivity contribution in [2.75, 3.05) is 6.61 Å². The predicted molar refractivity (Wildman–Crippen MR) is 47.3 cm³/mol. The summed E-state index contributed by atoms with van der Waals surface area (Å²) in [6.07, 6.45) is 0.650. The van der Waals surface area contributed by atoms with Crippen LogP contribution in [-0.4, -0.2) is 17.5 Å². The van der Waals surface area contributed by atoms with Gasteiger partial charge in [0.1, 0.15) is 0 Å². The largest absolute Gasteiger partial charge is 0.859 e. The first-order chi connectivity index (χ1) is 6.68. The Labute approximate surface area is 79.9 Å². The molecule has 5 heteroatoms. The van der Waals surface area contributed by atoms with E-state index in [-0.39, 0.29) is 5.56 Å². The fraction of sp³-hybridized carbons (Fsp3) is 0.333. The normalized spacial score (nSPS) is 14.9. The van der Waals surface area contributed by atoms with Crippen LogP contribution in [0.4, 0.5) is 0 Å². The molecule has 0 saturated heterocycles. The van der Waals surface area contributed by atoms with Crippen LogP contribution in [0.15, 0.2) is 10.9 Å². The molecule has 2 rings (SSSR count). The lowest BCUT2D eigenvalue weighted by Crippen LogP contribution is -2.29. The van der Waals surface area contributed by atoms with Crippen molar-refractivity contribution in [3.05, 3.63) is 33.2 Å². The Bertz CT molecular complexity index is 436. The molecule has 0 aliphatic carbocycles. The van der Waals surface area contributed by atoms with Gasteiger partial charge in [-0.3, -0.25) is 4.79 Å². The standard InChI is InChI=1S/C9H10N2O3/c10-8(12)6-3-5-4-14-2-1-7(5)11-9(6)13/h3H,1-2,4H2,(H2,10,12)(H,11,13)/p-1. The van der Waals surface area contributed by atoms with E-state index in [1.54, 1.807) is 0 Å². The Morgan fingerprint density at radius 2 is 2.43 bits per heavy atom. The van der Waals surface area contributed by atoms with Crippen molar-refractivity contribution >= 4 is 5.90 Å². The summed E-state index contributed by atoms with van der Waals surface area (Å²) in [5, 5.41) is 17.6. The summed E-state index contributed by atoms with van der Waals surface area (Å²) in [4.78, 5) is 13.9. The molecular formula is C9H9N2O3-. The first-order valence-electron chi connectivity index (χ1n) is 4.27. The third kappa shape index (κ3) is 1.42. The molecule has 5 nitrogen and oxygen atoms in total. The average Bonchev–Trinajstić information content (AvgIpc) is 2.16. The summed E-state index contributed by atoms with van der Waals surface area (Å²) in [5.41, 5.74) is 1.01. The van der Waals surface area contributed by atoms with Crippen molar-refractivity contribution in [3.8, 4) is 0 Å². The molecule has 74 valence electrons. The van der Waals surface area contributed by atoms with Crippen LogP contribution in [0, 0.1) is 5.41 Å².